The highest BCUT2D eigenvalue weighted by Crippen LogP contribution is 2.28. The van der Waals surface area contributed by atoms with Crippen LogP contribution in [-0.4, -0.2) is 0 Å². The van der Waals surface area contributed by atoms with E-state index in [0.29, 0.717) is 12.2 Å². The van der Waals surface area contributed by atoms with Gasteiger partial charge < -0.3 is 9.73 Å². The molecule has 0 radical (unpaired) electrons. The van der Waals surface area contributed by atoms with E-state index in [0.717, 1.165) is 16.5 Å². The van der Waals surface area contributed by atoms with E-state index in [2.05, 4.69) is 5.32 Å². The fourth-order valence-corrected chi connectivity index (χ4v) is 2.51. The molecule has 0 bridgehead atoms. The molecule has 2 aromatic carbocycles. The zero-order valence-electron chi connectivity index (χ0n) is 10.3. The Labute approximate surface area is 125 Å². The van der Waals surface area contributed by atoms with Crippen LogP contribution in [0.1, 0.15) is 5.56 Å². The minimum absolute atomic E-state index is 0.00273. The van der Waals surface area contributed by atoms with Crippen LogP contribution >= 0.6 is 23.2 Å². The van der Waals surface area contributed by atoms with Crippen molar-refractivity contribution < 1.29 is 8.81 Å². The number of furan rings is 1. The average Bonchev–Trinajstić information content (AvgIpc) is 2.85. The number of anilines is 1. The molecule has 0 atom stereocenters. The molecular weight excluding hydrogens is 300 g/mol. The first kappa shape index (κ1) is 13.3. The van der Waals surface area contributed by atoms with Crippen molar-refractivity contribution in [1.29, 1.82) is 0 Å². The van der Waals surface area contributed by atoms with E-state index in [1.54, 1.807) is 6.26 Å². The summed E-state index contributed by atoms with van der Waals surface area (Å²) in [4.78, 5) is 0. The third-order valence-electron chi connectivity index (χ3n) is 3.03. The number of fused-ring (bicyclic) bond motifs is 1. The molecule has 0 spiro atoms. The molecule has 1 aromatic heterocycles. The van der Waals surface area contributed by atoms with E-state index >= 15 is 0 Å². The van der Waals surface area contributed by atoms with Gasteiger partial charge in [0, 0.05) is 23.2 Å². The lowest BCUT2D eigenvalue weighted by Crippen LogP contribution is -1.99. The lowest BCUT2D eigenvalue weighted by Gasteiger charge is -2.07. The molecule has 5 heteroatoms. The molecule has 2 nitrogen and oxygen atoms in total. The molecule has 0 amide bonds. The topological polar surface area (TPSA) is 25.2 Å². The Hall–Kier alpha value is -1.71. The van der Waals surface area contributed by atoms with E-state index in [1.807, 2.05) is 24.3 Å². The first-order valence-corrected chi connectivity index (χ1v) is 6.74. The molecule has 0 unspecified atom stereocenters. The van der Waals surface area contributed by atoms with Crippen molar-refractivity contribution in [1.82, 2.24) is 0 Å². The molecule has 1 N–H and O–H groups in total. The van der Waals surface area contributed by atoms with Crippen LogP contribution in [0.2, 0.25) is 10.0 Å². The number of halogens is 3. The Morgan fingerprint density at radius 1 is 1.10 bits per heavy atom. The van der Waals surface area contributed by atoms with E-state index in [1.165, 1.54) is 12.1 Å². The highest BCUT2D eigenvalue weighted by molar-refractivity contribution is 6.35. The van der Waals surface area contributed by atoms with Gasteiger partial charge in [-0.1, -0.05) is 41.4 Å². The second kappa shape index (κ2) is 5.35. The monoisotopic (exact) mass is 309 g/mol. The number of hydrogen-bond donors (Lipinski definition) is 1. The van der Waals surface area contributed by atoms with E-state index in [9.17, 15) is 4.39 Å². The predicted molar refractivity (Wildman–Crippen MR) is 80.0 cm³/mol. The fourth-order valence-electron chi connectivity index (χ4n) is 2.02. The Balaban J connectivity index is 1.83. The molecule has 3 rings (SSSR count). The molecule has 0 aliphatic carbocycles. The number of rotatable bonds is 3. The number of hydrogen-bond acceptors (Lipinski definition) is 2. The molecule has 1 heterocycles. The van der Waals surface area contributed by atoms with Crippen molar-refractivity contribution in [2.75, 3.05) is 5.32 Å². The second-order valence-electron chi connectivity index (χ2n) is 4.36. The second-order valence-corrected chi connectivity index (χ2v) is 5.18. The first-order chi connectivity index (χ1) is 9.65. The summed E-state index contributed by atoms with van der Waals surface area (Å²) < 4.78 is 18.8. The molecule has 0 saturated carbocycles. The van der Waals surface area contributed by atoms with Crippen LogP contribution in [-0.2, 0) is 6.54 Å². The zero-order chi connectivity index (χ0) is 14.1. The van der Waals surface area contributed by atoms with Crippen LogP contribution in [0.3, 0.4) is 0 Å². The lowest BCUT2D eigenvalue weighted by atomic mass is 10.2. The maximum Gasteiger partial charge on any atom is 0.160 e. The van der Waals surface area contributed by atoms with Gasteiger partial charge in [-0.2, -0.15) is 0 Å². The van der Waals surface area contributed by atoms with Crippen molar-refractivity contribution >= 4 is 39.9 Å². The van der Waals surface area contributed by atoms with Gasteiger partial charge in [0.2, 0.25) is 0 Å². The first-order valence-electron chi connectivity index (χ1n) is 5.98. The maximum atomic E-state index is 13.3. The third kappa shape index (κ3) is 2.47. The lowest BCUT2D eigenvalue weighted by molar-refractivity contribution is 0.611. The molecule has 0 fully saturated rings. The highest BCUT2D eigenvalue weighted by atomic mass is 35.5. The van der Waals surface area contributed by atoms with Crippen LogP contribution in [0.5, 0.6) is 0 Å². The minimum Gasteiger partial charge on any atom is -0.464 e. The van der Waals surface area contributed by atoms with Gasteiger partial charge in [-0.05, 0) is 18.2 Å². The standard InChI is InChI=1S/C15H10Cl2FNO/c16-12-5-10(6-13(17)15(12)18)19-7-9-8-20-14-4-2-1-3-11(9)14/h1-6,8,19H,7H2. The summed E-state index contributed by atoms with van der Waals surface area (Å²) >= 11 is 11.5. The zero-order valence-corrected chi connectivity index (χ0v) is 11.8. The van der Waals surface area contributed by atoms with Crippen molar-refractivity contribution in [2.45, 2.75) is 6.54 Å². The molecule has 0 saturated heterocycles. The summed E-state index contributed by atoms with van der Waals surface area (Å²) in [6.45, 7) is 0.537. The number of para-hydroxylation sites is 1. The van der Waals surface area contributed by atoms with Gasteiger partial charge >= 0.3 is 0 Å². The van der Waals surface area contributed by atoms with Crippen molar-refractivity contribution in [3.8, 4) is 0 Å². The molecule has 3 aromatic rings. The molecular formula is C15H10Cl2FNO. The summed E-state index contributed by atoms with van der Waals surface area (Å²) in [5.74, 6) is -0.604. The van der Waals surface area contributed by atoms with Crippen molar-refractivity contribution in [2.24, 2.45) is 0 Å². The van der Waals surface area contributed by atoms with Gasteiger partial charge in [0.15, 0.2) is 5.82 Å². The third-order valence-corrected chi connectivity index (χ3v) is 3.58. The molecule has 0 aliphatic heterocycles. The van der Waals surface area contributed by atoms with E-state index < -0.39 is 5.82 Å². The van der Waals surface area contributed by atoms with Gasteiger partial charge in [-0.15, -0.1) is 0 Å². The SMILES string of the molecule is Fc1c(Cl)cc(NCc2coc3ccccc23)cc1Cl. The Morgan fingerprint density at radius 3 is 2.55 bits per heavy atom. The van der Waals surface area contributed by atoms with Gasteiger partial charge in [0.1, 0.15) is 5.58 Å². The van der Waals surface area contributed by atoms with Crippen LogP contribution < -0.4 is 5.32 Å². The highest BCUT2D eigenvalue weighted by Gasteiger charge is 2.09. The molecule has 102 valence electrons. The van der Waals surface area contributed by atoms with Gasteiger partial charge in [-0.25, -0.2) is 4.39 Å². The Morgan fingerprint density at radius 2 is 1.80 bits per heavy atom. The van der Waals surface area contributed by atoms with E-state index in [4.69, 9.17) is 27.6 Å². The van der Waals surface area contributed by atoms with Gasteiger partial charge in [0.25, 0.3) is 0 Å². The minimum atomic E-state index is -0.604. The Bertz CT molecular complexity index is 746. The van der Waals surface area contributed by atoms with Crippen LogP contribution in [0, 0.1) is 5.82 Å². The fraction of sp³-hybridized carbons (Fsp3) is 0.0667. The molecule has 20 heavy (non-hydrogen) atoms. The van der Waals surface area contributed by atoms with Crippen LogP contribution in [0.4, 0.5) is 10.1 Å². The van der Waals surface area contributed by atoms with Crippen LogP contribution in [0.15, 0.2) is 47.1 Å². The summed E-state index contributed by atoms with van der Waals surface area (Å²) in [5.41, 5.74) is 2.50. The molecule has 0 aliphatic rings. The predicted octanol–water partition coefficient (Wildman–Crippen LogP) is 5.49. The van der Waals surface area contributed by atoms with Crippen LogP contribution in [0.25, 0.3) is 11.0 Å². The maximum absolute atomic E-state index is 13.3. The number of benzene rings is 2. The summed E-state index contributed by atoms with van der Waals surface area (Å²) in [6.07, 6.45) is 1.70. The Kier molecular flexibility index (Phi) is 3.55. The van der Waals surface area contributed by atoms with Gasteiger partial charge in [-0.3, -0.25) is 0 Å². The van der Waals surface area contributed by atoms with E-state index in [-0.39, 0.29) is 10.0 Å². The smallest absolute Gasteiger partial charge is 0.160 e. The summed E-state index contributed by atoms with van der Waals surface area (Å²) in [5, 5.41) is 4.19. The van der Waals surface area contributed by atoms with Crippen molar-refractivity contribution in [3.05, 3.63) is 64.1 Å². The largest absolute Gasteiger partial charge is 0.464 e. The normalized spacial score (nSPS) is 10.9. The summed E-state index contributed by atoms with van der Waals surface area (Å²) in [7, 11) is 0. The quantitative estimate of drug-likeness (QED) is 0.647. The number of nitrogens with one attached hydrogen (secondary N) is 1. The summed E-state index contributed by atoms with van der Waals surface area (Å²) in [6, 6.07) is 10.8. The van der Waals surface area contributed by atoms with Gasteiger partial charge in [0.05, 0.1) is 16.3 Å². The van der Waals surface area contributed by atoms with Crippen molar-refractivity contribution in [3.63, 3.8) is 0 Å². The average molecular weight is 310 g/mol.